The fraction of sp³-hybridized carbons (Fsp3) is 0.500. The molecule has 0 aliphatic carbocycles. The summed E-state index contributed by atoms with van der Waals surface area (Å²) in [6, 6.07) is 7.71. The maximum Gasteiger partial charge on any atom is 0.101 e. The second kappa shape index (κ2) is 5.74. The van der Waals surface area contributed by atoms with Crippen LogP contribution < -0.4 is 10.6 Å². The third-order valence-corrected chi connectivity index (χ3v) is 3.60. The normalized spacial score (nSPS) is 19.6. The average molecular weight is 245 g/mol. The molecular weight excluding hydrogens is 226 g/mol. The van der Waals surface area contributed by atoms with Gasteiger partial charge in [-0.1, -0.05) is 6.07 Å². The summed E-state index contributed by atoms with van der Waals surface area (Å²) in [6.07, 6.45) is 3.12. The third kappa shape index (κ3) is 2.57. The molecule has 0 amide bonds. The molecule has 1 aromatic rings. The van der Waals surface area contributed by atoms with E-state index < -0.39 is 0 Å². The first-order valence-electron chi connectivity index (χ1n) is 6.40. The molecule has 2 rings (SSSR count). The molecule has 3 N–H and O–H groups in total. The number of rotatable bonds is 3. The maximum absolute atomic E-state index is 9.03. The van der Waals surface area contributed by atoms with Crippen molar-refractivity contribution in [2.75, 3.05) is 30.3 Å². The Kier molecular flexibility index (Phi) is 4.06. The molecule has 4 nitrogen and oxygen atoms in total. The van der Waals surface area contributed by atoms with Crippen LogP contribution in [0.2, 0.25) is 0 Å². The number of aliphatic hydroxyl groups is 1. The maximum atomic E-state index is 9.03. The molecule has 1 aliphatic rings. The van der Waals surface area contributed by atoms with Crippen molar-refractivity contribution in [3.05, 3.63) is 23.8 Å². The van der Waals surface area contributed by atoms with Gasteiger partial charge in [0.2, 0.25) is 0 Å². The highest BCUT2D eigenvalue weighted by Crippen LogP contribution is 2.30. The SMILES string of the molecule is N#Cc1cccc(N2CCCC(CCO)C2)c1N. The number of piperidine rings is 1. The van der Waals surface area contributed by atoms with Gasteiger partial charge in [-0.25, -0.2) is 0 Å². The topological polar surface area (TPSA) is 73.3 Å². The van der Waals surface area contributed by atoms with E-state index in [9.17, 15) is 0 Å². The second-order valence-electron chi connectivity index (χ2n) is 4.82. The van der Waals surface area contributed by atoms with Crippen LogP contribution in [0.3, 0.4) is 0 Å². The van der Waals surface area contributed by atoms with Gasteiger partial charge in [-0.05, 0) is 37.3 Å². The Hall–Kier alpha value is -1.73. The van der Waals surface area contributed by atoms with Gasteiger partial charge in [0.25, 0.3) is 0 Å². The van der Waals surface area contributed by atoms with E-state index in [2.05, 4.69) is 11.0 Å². The average Bonchev–Trinajstić information content (AvgIpc) is 2.40. The number of nitrogens with zero attached hydrogens (tertiary/aromatic N) is 2. The van der Waals surface area contributed by atoms with Crippen LogP contribution in [0.15, 0.2) is 18.2 Å². The Morgan fingerprint density at radius 3 is 3.06 bits per heavy atom. The molecule has 18 heavy (non-hydrogen) atoms. The van der Waals surface area contributed by atoms with Gasteiger partial charge in [0.05, 0.1) is 16.9 Å². The van der Waals surface area contributed by atoms with E-state index >= 15 is 0 Å². The minimum absolute atomic E-state index is 0.242. The molecule has 1 atom stereocenters. The highest BCUT2D eigenvalue weighted by Gasteiger charge is 2.21. The van der Waals surface area contributed by atoms with E-state index in [4.69, 9.17) is 16.1 Å². The summed E-state index contributed by atoms with van der Waals surface area (Å²) in [5, 5.41) is 18.0. The van der Waals surface area contributed by atoms with Crippen LogP contribution in [0.1, 0.15) is 24.8 Å². The number of nitriles is 1. The van der Waals surface area contributed by atoms with Gasteiger partial charge in [-0.3, -0.25) is 0 Å². The van der Waals surface area contributed by atoms with Crippen molar-refractivity contribution in [2.45, 2.75) is 19.3 Å². The van der Waals surface area contributed by atoms with Gasteiger partial charge in [0, 0.05) is 19.7 Å². The Morgan fingerprint density at radius 2 is 2.33 bits per heavy atom. The summed E-state index contributed by atoms with van der Waals surface area (Å²) in [5.74, 6) is 0.522. The molecule has 1 heterocycles. The van der Waals surface area contributed by atoms with Crippen LogP contribution >= 0.6 is 0 Å². The fourth-order valence-electron chi connectivity index (χ4n) is 2.63. The van der Waals surface area contributed by atoms with E-state index in [0.717, 1.165) is 38.0 Å². The lowest BCUT2D eigenvalue weighted by Gasteiger charge is -2.35. The largest absolute Gasteiger partial charge is 0.396 e. The lowest BCUT2D eigenvalue weighted by atomic mass is 9.94. The van der Waals surface area contributed by atoms with Gasteiger partial charge in [0.15, 0.2) is 0 Å². The summed E-state index contributed by atoms with van der Waals surface area (Å²) in [4.78, 5) is 2.24. The summed E-state index contributed by atoms with van der Waals surface area (Å²) in [6.45, 7) is 2.13. The molecular formula is C14H19N3O. The highest BCUT2D eigenvalue weighted by molar-refractivity contribution is 5.74. The Bertz CT molecular complexity index is 451. The predicted octanol–water partition coefficient (Wildman–Crippen LogP) is 1.74. The van der Waals surface area contributed by atoms with Crippen molar-refractivity contribution in [3.63, 3.8) is 0 Å². The Balaban J connectivity index is 2.18. The number of anilines is 2. The van der Waals surface area contributed by atoms with Crippen molar-refractivity contribution < 1.29 is 5.11 Å². The highest BCUT2D eigenvalue weighted by atomic mass is 16.3. The summed E-state index contributed by atoms with van der Waals surface area (Å²) in [5.41, 5.74) is 8.10. The number of aliphatic hydroxyl groups excluding tert-OH is 1. The van der Waals surface area contributed by atoms with Gasteiger partial charge >= 0.3 is 0 Å². The van der Waals surface area contributed by atoms with E-state index in [1.165, 1.54) is 0 Å². The Labute approximate surface area is 108 Å². The number of nitrogen functional groups attached to an aromatic ring is 1. The molecule has 1 unspecified atom stereocenters. The van der Waals surface area contributed by atoms with Crippen molar-refractivity contribution >= 4 is 11.4 Å². The molecule has 0 spiro atoms. The van der Waals surface area contributed by atoms with Crippen LogP contribution in [-0.2, 0) is 0 Å². The van der Waals surface area contributed by atoms with Crippen LogP contribution in [0.5, 0.6) is 0 Å². The molecule has 0 aromatic heterocycles. The van der Waals surface area contributed by atoms with Crippen molar-refractivity contribution in [2.24, 2.45) is 5.92 Å². The summed E-state index contributed by atoms with van der Waals surface area (Å²) >= 11 is 0. The molecule has 1 saturated heterocycles. The zero-order valence-corrected chi connectivity index (χ0v) is 10.5. The number of hydrogen-bond acceptors (Lipinski definition) is 4. The summed E-state index contributed by atoms with van der Waals surface area (Å²) in [7, 11) is 0. The minimum atomic E-state index is 0.242. The number of nitrogens with two attached hydrogens (primary N) is 1. The monoisotopic (exact) mass is 245 g/mol. The van der Waals surface area contributed by atoms with Crippen LogP contribution in [0.4, 0.5) is 11.4 Å². The fourth-order valence-corrected chi connectivity index (χ4v) is 2.63. The van der Waals surface area contributed by atoms with Crippen LogP contribution in [0.25, 0.3) is 0 Å². The first-order valence-corrected chi connectivity index (χ1v) is 6.40. The third-order valence-electron chi connectivity index (χ3n) is 3.60. The molecule has 0 saturated carbocycles. The molecule has 4 heteroatoms. The molecule has 1 fully saturated rings. The first kappa shape index (κ1) is 12.7. The number of hydrogen-bond donors (Lipinski definition) is 2. The molecule has 0 radical (unpaired) electrons. The van der Waals surface area contributed by atoms with E-state index in [1.54, 1.807) is 6.07 Å². The van der Waals surface area contributed by atoms with Gasteiger partial charge in [0.1, 0.15) is 6.07 Å². The standard InChI is InChI=1S/C14H19N3O/c15-9-12-4-1-5-13(14(12)16)17-7-2-3-11(10-17)6-8-18/h1,4-5,11,18H,2-3,6-8,10,16H2. The molecule has 96 valence electrons. The lowest BCUT2D eigenvalue weighted by molar-refractivity contribution is 0.244. The Morgan fingerprint density at radius 1 is 1.50 bits per heavy atom. The van der Waals surface area contributed by atoms with Crippen LogP contribution in [0, 0.1) is 17.2 Å². The molecule has 1 aromatic carbocycles. The smallest absolute Gasteiger partial charge is 0.101 e. The van der Waals surface area contributed by atoms with Gasteiger partial charge in [-0.2, -0.15) is 5.26 Å². The van der Waals surface area contributed by atoms with E-state index in [1.807, 2.05) is 12.1 Å². The van der Waals surface area contributed by atoms with Crippen molar-refractivity contribution in [1.82, 2.24) is 0 Å². The van der Waals surface area contributed by atoms with Crippen molar-refractivity contribution in [3.8, 4) is 6.07 Å². The zero-order chi connectivity index (χ0) is 13.0. The van der Waals surface area contributed by atoms with E-state index in [-0.39, 0.29) is 6.61 Å². The van der Waals surface area contributed by atoms with Gasteiger partial charge in [-0.15, -0.1) is 0 Å². The summed E-state index contributed by atoms with van der Waals surface area (Å²) < 4.78 is 0. The predicted molar refractivity (Wildman–Crippen MR) is 72.2 cm³/mol. The zero-order valence-electron chi connectivity index (χ0n) is 10.5. The quantitative estimate of drug-likeness (QED) is 0.795. The number of para-hydroxylation sites is 1. The second-order valence-corrected chi connectivity index (χ2v) is 4.82. The molecule has 1 aliphatic heterocycles. The van der Waals surface area contributed by atoms with Gasteiger partial charge < -0.3 is 15.7 Å². The minimum Gasteiger partial charge on any atom is -0.396 e. The number of benzene rings is 1. The van der Waals surface area contributed by atoms with Crippen LogP contribution in [-0.4, -0.2) is 24.8 Å². The van der Waals surface area contributed by atoms with Crippen molar-refractivity contribution in [1.29, 1.82) is 5.26 Å². The molecule has 0 bridgehead atoms. The van der Waals surface area contributed by atoms with E-state index in [0.29, 0.717) is 17.2 Å². The first-order chi connectivity index (χ1) is 8.76. The lowest BCUT2D eigenvalue weighted by Crippen LogP contribution is -2.36.